The van der Waals surface area contributed by atoms with E-state index in [0.717, 1.165) is 12.8 Å². The van der Waals surface area contributed by atoms with E-state index in [1.54, 1.807) is 0 Å². The van der Waals surface area contributed by atoms with Crippen LogP contribution in [0.1, 0.15) is 53.4 Å². The zero-order chi connectivity index (χ0) is 12.1. The van der Waals surface area contributed by atoms with Gasteiger partial charge in [0.1, 0.15) is 0 Å². The third-order valence-corrected chi connectivity index (χ3v) is 3.30. The van der Waals surface area contributed by atoms with Crippen LogP contribution in [0.3, 0.4) is 0 Å². The van der Waals surface area contributed by atoms with Gasteiger partial charge in [0.05, 0.1) is 5.60 Å². The number of phosphoric ester groups is 1. The molecule has 0 saturated heterocycles. The minimum Gasteiger partial charge on any atom is -0.303 e. The van der Waals surface area contributed by atoms with Gasteiger partial charge in [0.2, 0.25) is 0 Å². The Labute approximate surface area is 92.3 Å². The largest absolute Gasteiger partial charge is 0.470 e. The van der Waals surface area contributed by atoms with Gasteiger partial charge in [-0.25, -0.2) is 4.57 Å². The van der Waals surface area contributed by atoms with Crippen molar-refractivity contribution in [2.75, 3.05) is 0 Å². The monoisotopic (exact) mass is 238 g/mol. The first kappa shape index (κ1) is 15.1. The summed E-state index contributed by atoms with van der Waals surface area (Å²) < 4.78 is 16.0. The van der Waals surface area contributed by atoms with Gasteiger partial charge in [-0.2, -0.15) is 0 Å². The van der Waals surface area contributed by atoms with Crippen molar-refractivity contribution in [2.45, 2.75) is 59.0 Å². The van der Waals surface area contributed by atoms with Gasteiger partial charge in [0.25, 0.3) is 0 Å². The Kier molecular flexibility index (Phi) is 6.04. The second-order valence-corrected chi connectivity index (χ2v) is 5.47. The van der Waals surface area contributed by atoms with E-state index >= 15 is 0 Å². The molecule has 0 aliphatic carbocycles. The number of rotatable bonds is 7. The summed E-state index contributed by atoms with van der Waals surface area (Å²) in [4.78, 5) is 17.9. The topological polar surface area (TPSA) is 66.8 Å². The maximum absolute atomic E-state index is 11.0. The zero-order valence-corrected chi connectivity index (χ0v) is 11.0. The van der Waals surface area contributed by atoms with Crippen LogP contribution in [-0.4, -0.2) is 15.4 Å². The molecule has 0 radical (unpaired) electrons. The van der Waals surface area contributed by atoms with E-state index in [0.29, 0.717) is 12.8 Å². The van der Waals surface area contributed by atoms with Crippen LogP contribution >= 0.6 is 7.82 Å². The maximum Gasteiger partial charge on any atom is 0.470 e. The quantitative estimate of drug-likeness (QED) is 0.669. The Morgan fingerprint density at radius 2 is 1.60 bits per heavy atom. The number of hydrogen-bond acceptors (Lipinski definition) is 2. The molecule has 0 saturated carbocycles. The summed E-state index contributed by atoms with van der Waals surface area (Å²) in [5, 5.41) is 0. The van der Waals surface area contributed by atoms with Crippen LogP contribution in [-0.2, 0) is 9.09 Å². The average molecular weight is 238 g/mol. The summed E-state index contributed by atoms with van der Waals surface area (Å²) in [5.41, 5.74) is -0.678. The van der Waals surface area contributed by atoms with Crippen molar-refractivity contribution in [1.29, 1.82) is 0 Å². The van der Waals surface area contributed by atoms with Crippen molar-refractivity contribution in [2.24, 2.45) is 5.92 Å². The van der Waals surface area contributed by atoms with Crippen LogP contribution in [0.15, 0.2) is 0 Å². The van der Waals surface area contributed by atoms with Crippen molar-refractivity contribution in [3.05, 3.63) is 0 Å². The van der Waals surface area contributed by atoms with E-state index in [9.17, 15) is 4.57 Å². The molecular weight excluding hydrogens is 215 g/mol. The predicted octanol–water partition coefficient (Wildman–Crippen LogP) is 3.09. The third-order valence-electron chi connectivity index (χ3n) is 2.70. The molecule has 0 rings (SSSR count). The normalized spacial score (nSPS) is 13.5. The van der Waals surface area contributed by atoms with Crippen LogP contribution in [0, 0.1) is 5.92 Å². The molecule has 0 amide bonds. The van der Waals surface area contributed by atoms with Gasteiger partial charge in [-0.3, -0.25) is 4.52 Å². The smallest absolute Gasteiger partial charge is 0.303 e. The highest BCUT2D eigenvalue weighted by Gasteiger charge is 2.39. The maximum atomic E-state index is 11.0. The van der Waals surface area contributed by atoms with Crippen LogP contribution < -0.4 is 0 Å². The Hall–Kier alpha value is 0.110. The molecule has 4 nitrogen and oxygen atoms in total. The Morgan fingerprint density at radius 1 is 1.20 bits per heavy atom. The van der Waals surface area contributed by atoms with Gasteiger partial charge < -0.3 is 9.79 Å². The van der Waals surface area contributed by atoms with Crippen LogP contribution in [0.2, 0.25) is 0 Å². The van der Waals surface area contributed by atoms with E-state index in [1.165, 1.54) is 0 Å². The van der Waals surface area contributed by atoms with E-state index in [1.807, 2.05) is 27.7 Å². The average Bonchev–Trinajstić information content (AvgIpc) is 2.01. The first-order chi connectivity index (χ1) is 6.77. The number of phosphoric acid groups is 1. The highest BCUT2D eigenvalue weighted by atomic mass is 31.2. The van der Waals surface area contributed by atoms with Gasteiger partial charge in [-0.15, -0.1) is 0 Å². The first-order valence-corrected chi connectivity index (χ1v) is 7.06. The molecule has 5 heteroatoms. The molecule has 92 valence electrons. The second kappa shape index (κ2) is 6.00. The highest BCUT2D eigenvalue weighted by Crippen LogP contribution is 2.47. The molecule has 2 N–H and O–H groups in total. The van der Waals surface area contributed by atoms with Gasteiger partial charge in [0.15, 0.2) is 0 Å². The van der Waals surface area contributed by atoms with Gasteiger partial charge >= 0.3 is 7.82 Å². The lowest BCUT2D eigenvalue weighted by Crippen LogP contribution is -2.37. The summed E-state index contributed by atoms with van der Waals surface area (Å²) >= 11 is 0. The van der Waals surface area contributed by atoms with E-state index in [-0.39, 0.29) is 5.92 Å². The summed E-state index contributed by atoms with van der Waals surface area (Å²) in [5.74, 6) is 0.102. The van der Waals surface area contributed by atoms with E-state index in [2.05, 4.69) is 0 Å². The first-order valence-electron chi connectivity index (χ1n) is 5.53. The molecule has 0 fully saturated rings. The fraction of sp³-hybridized carbons (Fsp3) is 1.00. The summed E-state index contributed by atoms with van der Waals surface area (Å²) in [6, 6.07) is 0. The van der Waals surface area contributed by atoms with Crippen molar-refractivity contribution < 1.29 is 18.9 Å². The van der Waals surface area contributed by atoms with Gasteiger partial charge in [-0.05, 0) is 18.8 Å². The fourth-order valence-electron chi connectivity index (χ4n) is 1.98. The third kappa shape index (κ3) is 5.12. The standard InChI is InChI=1S/C10H23O4P/c1-5-7-10(8-6-2,9(3)4)14-15(11,12)13/h9H,5-8H2,1-4H3,(H2,11,12,13). The molecule has 0 heterocycles. The molecule has 0 aliphatic rings. The Morgan fingerprint density at radius 3 is 1.80 bits per heavy atom. The van der Waals surface area contributed by atoms with E-state index < -0.39 is 13.4 Å². The summed E-state index contributed by atoms with van der Waals surface area (Å²) in [6.07, 6.45) is 3.09. The zero-order valence-electron chi connectivity index (χ0n) is 10.1. The molecule has 0 spiro atoms. The summed E-state index contributed by atoms with van der Waals surface area (Å²) in [6.45, 7) is 7.88. The molecule has 0 aromatic rings. The predicted molar refractivity (Wildman–Crippen MR) is 60.5 cm³/mol. The van der Waals surface area contributed by atoms with Gasteiger partial charge in [0, 0.05) is 0 Å². The van der Waals surface area contributed by atoms with Crippen molar-refractivity contribution in [3.8, 4) is 0 Å². The molecule has 0 atom stereocenters. The minimum atomic E-state index is -4.40. The van der Waals surface area contributed by atoms with Crippen molar-refractivity contribution in [1.82, 2.24) is 0 Å². The highest BCUT2D eigenvalue weighted by molar-refractivity contribution is 7.46. The SMILES string of the molecule is CCCC(CCC)(OP(=O)(O)O)C(C)C. The molecule has 0 unspecified atom stereocenters. The van der Waals surface area contributed by atoms with E-state index in [4.69, 9.17) is 14.3 Å². The lowest BCUT2D eigenvalue weighted by atomic mass is 9.82. The van der Waals surface area contributed by atoms with Crippen LogP contribution in [0.25, 0.3) is 0 Å². The lowest BCUT2D eigenvalue weighted by molar-refractivity contribution is -0.0201. The molecular formula is C10H23O4P. The van der Waals surface area contributed by atoms with Crippen LogP contribution in [0.4, 0.5) is 0 Å². The molecule has 0 aromatic heterocycles. The Bertz CT molecular complexity index is 215. The Balaban J connectivity index is 4.85. The van der Waals surface area contributed by atoms with Gasteiger partial charge in [-0.1, -0.05) is 40.5 Å². The minimum absolute atomic E-state index is 0.102. The van der Waals surface area contributed by atoms with Crippen LogP contribution in [0.5, 0.6) is 0 Å². The van der Waals surface area contributed by atoms with Crippen molar-refractivity contribution in [3.63, 3.8) is 0 Å². The fourth-order valence-corrected chi connectivity index (χ4v) is 2.85. The second-order valence-electron chi connectivity index (χ2n) is 4.30. The lowest BCUT2D eigenvalue weighted by Gasteiger charge is -2.37. The molecule has 0 aliphatic heterocycles. The molecule has 0 bridgehead atoms. The summed E-state index contributed by atoms with van der Waals surface area (Å²) in [7, 11) is -4.40. The van der Waals surface area contributed by atoms with Crippen molar-refractivity contribution >= 4 is 7.82 Å². The molecule has 0 aromatic carbocycles. The number of hydrogen-bond donors (Lipinski definition) is 2. The molecule has 15 heavy (non-hydrogen) atoms.